The molecule has 10 nitrogen and oxygen atoms in total. The summed E-state index contributed by atoms with van der Waals surface area (Å²) in [5, 5.41) is 12.2. The van der Waals surface area contributed by atoms with Crippen molar-refractivity contribution >= 4 is 45.2 Å². The molecule has 2 heterocycles. The molecule has 3 aromatic carbocycles. The van der Waals surface area contributed by atoms with Gasteiger partial charge in [-0.25, -0.2) is 0 Å². The average Bonchev–Trinajstić information content (AvgIpc) is 3.44. The van der Waals surface area contributed by atoms with Gasteiger partial charge in [0.15, 0.2) is 22.5 Å². The van der Waals surface area contributed by atoms with Gasteiger partial charge in [-0.3, -0.25) is 14.2 Å². The van der Waals surface area contributed by atoms with Gasteiger partial charge >= 0.3 is 0 Å². The van der Waals surface area contributed by atoms with Crippen molar-refractivity contribution < 1.29 is 23.8 Å². The Labute approximate surface area is 256 Å². The summed E-state index contributed by atoms with van der Waals surface area (Å²) in [5.74, 6) is 1.51. The lowest BCUT2D eigenvalue weighted by molar-refractivity contribution is -0.116. The average molecular weight is 653 g/mol. The van der Waals surface area contributed by atoms with E-state index in [2.05, 4.69) is 37.5 Å². The van der Waals surface area contributed by atoms with E-state index >= 15 is 0 Å². The number of carbonyl (C=O) groups excluding carboxylic acids is 2. The number of para-hydroxylation sites is 1. The summed E-state index contributed by atoms with van der Waals surface area (Å²) in [4.78, 5) is 28.3. The second-order valence-corrected chi connectivity index (χ2v) is 11.2. The van der Waals surface area contributed by atoms with Crippen LogP contribution in [0.5, 0.6) is 17.2 Å². The van der Waals surface area contributed by atoms with Gasteiger partial charge < -0.3 is 24.4 Å². The molecule has 0 atom stereocenters. The van der Waals surface area contributed by atoms with Gasteiger partial charge in [-0.15, -0.1) is 10.2 Å². The number of ether oxygens (including phenoxy) is 3. The first-order chi connectivity index (χ1) is 20.4. The number of hydrogen-bond acceptors (Lipinski definition) is 8. The Morgan fingerprint density at radius 3 is 2.38 bits per heavy atom. The predicted molar refractivity (Wildman–Crippen MR) is 164 cm³/mol. The number of hydrogen-bond donors (Lipinski definition) is 1. The molecule has 42 heavy (non-hydrogen) atoms. The van der Waals surface area contributed by atoms with Crippen molar-refractivity contribution in [3.05, 3.63) is 82.1 Å². The van der Waals surface area contributed by atoms with E-state index in [4.69, 9.17) is 14.2 Å². The number of rotatable bonds is 10. The number of aryl methyl sites for hydroxylation is 1. The molecule has 1 aliphatic heterocycles. The minimum Gasteiger partial charge on any atom is -0.493 e. The lowest BCUT2D eigenvalue weighted by Gasteiger charge is -2.29. The normalized spacial score (nSPS) is 12.4. The smallest absolute Gasteiger partial charge is 0.251 e. The summed E-state index contributed by atoms with van der Waals surface area (Å²) in [6, 6.07) is 18.9. The molecule has 0 saturated carbocycles. The number of carbonyl (C=O) groups is 2. The molecule has 1 aromatic heterocycles. The van der Waals surface area contributed by atoms with Crippen LogP contribution in [0.2, 0.25) is 0 Å². The van der Waals surface area contributed by atoms with Crippen LogP contribution in [0.1, 0.15) is 28.2 Å². The van der Waals surface area contributed by atoms with Gasteiger partial charge in [0, 0.05) is 28.0 Å². The quantitative estimate of drug-likeness (QED) is 0.237. The molecule has 218 valence electrons. The zero-order valence-corrected chi connectivity index (χ0v) is 25.8. The Bertz CT molecular complexity index is 1570. The van der Waals surface area contributed by atoms with Crippen LogP contribution in [0.4, 0.5) is 5.69 Å². The van der Waals surface area contributed by atoms with Crippen molar-refractivity contribution in [1.82, 2.24) is 20.1 Å². The van der Waals surface area contributed by atoms with Crippen molar-refractivity contribution in [3.8, 4) is 22.9 Å². The van der Waals surface area contributed by atoms with Gasteiger partial charge in [-0.1, -0.05) is 45.9 Å². The SMILES string of the molecule is COc1cc(C(=O)NCc2nnc(SCC(=O)N3CCCc4ccccc43)n2-c2ccc(Br)cc2)cc(OC)c1OC. The van der Waals surface area contributed by atoms with Crippen LogP contribution in [0.3, 0.4) is 0 Å². The van der Waals surface area contributed by atoms with Crippen molar-refractivity contribution in [2.45, 2.75) is 24.5 Å². The van der Waals surface area contributed by atoms with Crippen LogP contribution in [-0.4, -0.2) is 60.2 Å². The number of anilines is 1. The van der Waals surface area contributed by atoms with Gasteiger partial charge in [0.2, 0.25) is 11.7 Å². The van der Waals surface area contributed by atoms with E-state index < -0.39 is 0 Å². The topological polar surface area (TPSA) is 108 Å². The van der Waals surface area contributed by atoms with Gasteiger partial charge in [0.1, 0.15) is 0 Å². The second-order valence-electron chi connectivity index (χ2n) is 9.37. The van der Waals surface area contributed by atoms with E-state index in [0.717, 1.165) is 28.7 Å². The summed E-state index contributed by atoms with van der Waals surface area (Å²) >= 11 is 4.79. The molecule has 12 heteroatoms. The van der Waals surface area contributed by atoms with Crippen LogP contribution < -0.4 is 24.4 Å². The minimum atomic E-state index is -0.354. The molecule has 0 fully saturated rings. The summed E-state index contributed by atoms with van der Waals surface area (Å²) in [5.41, 5.74) is 3.30. The third-order valence-corrected chi connectivity index (χ3v) is 8.30. The second kappa shape index (κ2) is 13.3. The number of nitrogens with one attached hydrogen (secondary N) is 1. The van der Waals surface area contributed by atoms with Crippen LogP contribution in [-0.2, 0) is 17.8 Å². The van der Waals surface area contributed by atoms with E-state index in [1.54, 1.807) is 12.1 Å². The molecule has 0 bridgehead atoms. The lowest BCUT2D eigenvalue weighted by Crippen LogP contribution is -2.36. The first-order valence-electron chi connectivity index (χ1n) is 13.2. The first kappa shape index (κ1) is 29.5. The van der Waals surface area contributed by atoms with Crippen LogP contribution in [0.15, 0.2) is 70.3 Å². The maximum absolute atomic E-state index is 13.3. The van der Waals surface area contributed by atoms with Crippen molar-refractivity contribution in [3.63, 3.8) is 0 Å². The molecule has 4 aromatic rings. The first-order valence-corrected chi connectivity index (χ1v) is 15.0. The summed E-state index contributed by atoms with van der Waals surface area (Å²) in [7, 11) is 4.49. The monoisotopic (exact) mass is 651 g/mol. The van der Waals surface area contributed by atoms with Crippen LogP contribution >= 0.6 is 27.7 Å². The van der Waals surface area contributed by atoms with Crippen molar-refractivity contribution in [2.75, 3.05) is 38.5 Å². The zero-order chi connectivity index (χ0) is 29.6. The van der Waals surface area contributed by atoms with Crippen molar-refractivity contribution in [2.24, 2.45) is 0 Å². The van der Waals surface area contributed by atoms with E-state index in [1.807, 2.05) is 51.9 Å². The number of halogens is 1. The highest BCUT2D eigenvalue weighted by Crippen LogP contribution is 2.38. The number of thioether (sulfide) groups is 1. The molecular weight excluding hydrogens is 622 g/mol. The largest absolute Gasteiger partial charge is 0.493 e. The van der Waals surface area contributed by atoms with Gasteiger partial charge in [0.25, 0.3) is 5.91 Å². The number of methoxy groups -OCH3 is 3. The Hall–Kier alpha value is -4.03. The molecule has 0 radical (unpaired) electrons. The fraction of sp³-hybridized carbons (Fsp3) is 0.267. The number of nitrogens with zero attached hydrogens (tertiary/aromatic N) is 4. The molecule has 0 aliphatic carbocycles. The third-order valence-electron chi connectivity index (χ3n) is 6.86. The summed E-state index contributed by atoms with van der Waals surface area (Å²) < 4.78 is 18.9. The zero-order valence-electron chi connectivity index (χ0n) is 23.4. The molecule has 0 spiro atoms. The number of aromatic nitrogens is 3. The van der Waals surface area contributed by atoms with Gasteiger partial charge in [-0.2, -0.15) is 0 Å². The minimum absolute atomic E-state index is 0.00904. The van der Waals surface area contributed by atoms with E-state index in [1.165, 1.54) is 38.7 Å². The van der Waals surface area contributed by atoms with Crippen LogP contribution in [0, 0.1) is 0 Å². The standard InChI is InChI=1S/C30H30BrN5O5S/c1-39-24-15-20(16-25(40-2)28(24)41-3)29(38)32-17-26-33-34-30(36(26)22-12-10-21(31)11-13-22)42-18-27(37)35-14-6-8-19-7-4-5-9-23(19)35/h4-5,7,9-13,15-16H,6,8,14,17-18H2,1-3H3,(H,32,38). The number of amides is 2. The molecule has 5 rings (SSSR count). The van der Waals surface area contributed by atoms with Crippen LogP contribution in [0.25, 0.3) is 5.69 Å². The Morgan fingerprint density at radius 2 is 1.69 bits per heavy atom. The fourth-order valence-electron chi connectivity index (χ4n) is 4.83. The third kappa shape index (κ3) is 6.24. The molecule has 0 saturated heterocycles. The molecule has 2 amide bonds. The summed E-state index contributed by atoms with van der Waals surface area (Å²) in [6.07, 6.45) is 1.90. The van der Waals surface area contributed by atoms with E-state index in [9.17, 15) is 9.59 Å². The Morgan fingerprint density at radius 1 is 0.976 bits per heavy atom. The molecule has 1 N–H and O–H groups in total. The Kier molecular flexibility index (Phi) is 9.33. The summed E-state index contributed by atoms with van der Waals surface area (Å²) in [6.45, 7) is 0.778. The fourth-order valence-corrected chi connectivity index (χ4v) is 5.94. The highest BCUT2D eigenvalue weighted by molar-refractivity contribution is 9.10. The Balaban J connectivity index is 1.36. The number of benzene rings is 3. The van der Waals surface area contributed by atoms with Gasteiger partial charge in [-0.05, 0) is 60.9 Å². The van der Waals surface area contributed by atoms with E-state index in [-0.39, 0.29) is 24.1 Å². The van der Waals surface area contributed by atoms with Crippen molar-refractivity contribution in [1.29, 1.82) is 0 Å². The van der Waals surface area contributed by atoms with E-state index in [0.29, 0.717) is 40.3 Å². The molecule has 0 unspecified atom stereocenters. The molecular formula is C30H30BrN5O5S. The maximum Gasteiger partial charge on any atom is 0.251 e. The highest BCUT2D eigenvalue weighted by Gasteiger charge is 2.24. The molecule has 1 aliphatic rings. The number of fused-ring (bicyclic) bond motifs is 1. The predicted octanol–water partition coefficient (Wildman–Crippen LogP) is 5.06. The van der Waals surface area contributed by atoms with Gasteiger partial charge in [0.05, 0.1) is 33.6 Å². The lowest BCUT2D eigenvalue weighted by atomic mass is 10.0. The maximum atomic E-state index is 13.3. The highest BCUT2D eigenvalue weighted by atomic mass is 79.9.